The minimum atomic E-state index is 0.0274. The topological polar surface area (TPSA) is 0 Å². The molecule has 0 saturated carbocycles. The third-order valence-electron chi connectivity index (χ3n) is 5.14. The van der Waals surface area contributed by atoms with E-state index in [1.54, 1.807) is 0 Å². The van der Waals surface area contributed by atoms with Gasteiger partial charge in [0.1, 0.15) is 0 Å². The van der Waals surface area contributed by atoms with Crippen LogP contribution in [-0.2, 0) is 5.41 Å². The van der Waals surface area contributed by atoms with Crippen molar-refractivity contribution in [3.63, 3.8) is 0 Å². The first-order chi connectivity index (χ1) is 11.1. The number of hydrogen-bond donors (Lipinski definition) is 0. The Morgan fingerprint density at radius 1 is 0.870 bits per heavy atom. The first kappa shape index (κ1) is 13.6. The molecule has 0 radical (unpaired) electrons. The molecule has 0 saturated heterocycles. The summed E-state index contributed by atoms with van der Waals surface area (Å²) >= 11 is 8.21. The zero-order valence-electron chi connectivity index (χ0n) is 13.0. The summed E-state index contributed by atoms with van der Waals surface area (Å²) in [6.45, 7) is 4.62. The Bertz CT molecular complexity index is 1100. The molecule has 112 valence electrons. The number of hydrogen-bond acceptors (Lipinski definition) is 1. The molecule has 0 atom stereocenters. The third kappa shape index (κ3) is 1.67. The maximum atomic E-state index is 6.32. The van der Waals surface area contributed by atoms with Crippen LogP contribution in [0.4, 0.5) is 0 Å². The molecule has 0 aliphatic heterocycles. The predicted octanol–water partition coefficient (Wildman–Crippen LogP) is 7.01. The Labute approximate surface area is 144 Å². The molecule has 0 nitrogen and oxygen atoms in total. The molecule has 0 bridgehead atoms. The molecule has 3 aromatic carbocycles. The van der Waals surface area contributed by atoms with Crippen LogP contribution >= 0.6 is 22.9 Å². The van der Waals surface area contributed by atoms with Gasteiger partial charge in [-0.2, -0.15) is 0 Å². The predicted molar refractivity (Wildman–Crippen MR) is 102 cm³/mol. The molecule has 1 aromatic heterocycles. The highest BCUT2D eigenvalue weighted by molar-refractivity contribution is 7.26. The zero-order chi connectivity index (χ0) is 15.8. The molecule has 0 N–H and O–H groups in total. The number of benzene rings is 3. The van der Waals surface area contributed by atoms with Crippen molar-refractivity contribution in [1.82, 2.24) is 0 Å². The van der Waals surface area contributed by atoms with Crippen LogP contribution < -0.4 is 0 Å². The lowest BCUT2D eigenvalue weighted by Crippen LogP contribution is -2.14. The summed E-state index contributed by atoms with van der Waals surface area (Å²) in [5, 5.41) is 3.52. The second kappa shape index (κ2) is 4.37. The lowest BCUT2D eigenvalue weighted by molar-refractivity contribution is 0.661. The quantitative estimate of drug-likeness (QED) is 0.324. The number of rotatable bonds is 0. The molecule has 0 amide bonds. The average Bonchev–Trinajstić information content (AvgIpc) is 3.01. The highest BCUT2D eigenvalue weighted by atomic mass is 35.5. The molecule has 1 aliphatic carbocycles. The van der Waals surface area contributed by atoms with Crippen LogP contribution in [0.15, 0.2) is 54.6 Å². The van der Waals surface area contributed by atoms with Crippen LogP contribution in [0.5, 0.6) is 0 Å². The van der Waals surface area contributed by atoms with Crippen LogP contribution in [0, 0.1) is 0 Å². The average molecular weight is 335 g/mol. The minimum Gasteiger partial charge on any atom is -0.135 e. The Hall–Kier alpha value is -1.83. The van der Waals surface area contributed by atoms with Crippen LogP contribution in [-0.4, -0.2) is 0 Å². The molecule has 0 unspecified atom stereocenters. The van der Waals surface area contributed by atoms with Gasteiger partial charge in [-0.05, 0) is 34.9 Å². The van der Waals surface area contributed by atoms with Crippen LogP contribution in [0.25, 0.3) is 31.3 Å². The van der Waals surface area contributed by atoms with Gasteiger partial charge in [-0.1, -0.05) is 61.8 Å². The standard InChI is InChI=1S/C21H15ClS/c1-21(2)16-9-7-12(22)11-15(16)19-17(21)10-8-14-13-5-3-4-6-18(13)23-20(14)19/h3-11H,1-2H3. The summed E-state index contributed by atoms with van der Waals surface area (Å²) in [5.74, 6) is 0. The van der Waals surface area contributed by atoms with E-state index in [0.717, 1.165) is 5.02 Å². The third-order valence-corrected chi connectivity index (χ3v) is 6.58. The van der Waals surface area contributed by atoms with E-state index < -0.39 is 0 Å². The van der Waals surface area contributed by atoms with Gasteiger partial charge in [0.15, 0.2) is 0 Å². The van der Waals surface area contributed by atoms with E-state index in [9.17, 15) is 0 Å². The van der Waals surface area contributed by atoms with Crippen LogP contribution in [0.3, 0.4) is 0 Å². The van der Waals surface area contributed by atoms with Crippen molar-refractivity contribution in [3.8, 4) is 11.1 Å². The fourth-order valence-corrected chi connectivity index (χ4v) is 5.43. The second-order valence-corrected chi connectivity index (χ2v) is 8.27. The highest BCUT2D eigenvalue weighted by Gasteiger charge is 2.36. The molecule has 23 heavy (non-hydrogen) atoms. The van der Waals surface area contributed by atoms with Crippen molar-refractivity contribution in [1.29, 1.82) is 0 Å². The van der Waals surface area contributed by atoms with Gasteiger partial charge < -0.3 is 0 Å². The van der Waals surface area contributed by atoms with E-state index in [4.69, 9.17) is 11.6 Å². The normalized spacial score (nSPS) is 15.1. The number of thiophene rings is 1. The monoisotopic (exact) mass is 334 g/mol. The van der Waals surface area contributed by atoms with E-state index in [2.05, 4.69) is 62.4 Å². The summed E-state index contributed by atoms with van der Waals surface area (Å²) < 4.78 is 2.74. The van der Waals surface area contributed by atoms with Gasteiger partial charge in [-0.3, -0.25) is 0 Å². The largest absolute Gasteiger partial charge is 0.135 e. The highest BCUT2D eigenvalue weighted by Crippen LogP contribution is 2.54. The molecule has 1 aliphatic rings. The number of fused-ring (bicyclic) bond motifs is 7. The van der Waals surface area contributed by atoms with Crippen LogP contribution in [0.2, 0.25) is 5.02 Å². The smallest absolute Gasteiger partial charge is 0.0437 e. The first-order valence-electron chi connectivity index (χ1n) is 7.82. The fraction of sp³-hybridized carbons (Fsp3) is 0.143. The lowest BCUT2D eigenvalue weighted by Gasteiger charge is -2.21. The summed E-state index contributed by atoms with van der Waals surface area (Å²) in [4.78, 5) is 0. The van der Waals surface area contributed by atoms with Gasteiger partial charge in [-0.15, -0.1) is 11.3 Å². The van der Waals surface area contributed by atoms with E-state index >= 15 is 0 Å². The molecule has 0 spiro atoms. The van der Waals surface area contributed by atoms with Gasteiger partial charge in [0, 0.05) is 36.2 Å². The summed E-state index contributed by atoms with van der Waals surface area (Å²) in [6, 6.07) is 19.6. The second-order valence-electron chi connectivity index (χ2n) is 6.78. The molecule has 4 aromatic rings. The van der Waals surface area contributed by atoms with Gasteiger partial charge in [0.2, 0.25) is 0 Å². The number of halogens is 1. The van der Waals surface area contributed by atoms with Gasteiger partial charge in [-0.25, -0.2) is 0 Å². The van der Waals surface area contributed by atoms with Gasteiger partial charge in [0.05, 0.1) is 0 Å². The Morgan fingerprint density at radius 2 is 1.65 bits per heavy atom. The van der Waals surface area contributed by atoms with E-state index in [1.807, 2.05) is 17.4 Å². The molecular weight excluding hydrogens is 320 g/mol. The summed E-state index contributed by atoms with van der Waals surface area (Å²) in [6.07, 6.45) is 0. The zero-order valence-corrected chi connectivity index (χ0v) is 14.6. The van der Waals surface area contributed by atoms with E-state index in [0.29, 0.717) is 0 Å². The molecule has 0 fully saturated rings. The van der Waals surface area contributed by atoms with Crippen LogP contribution in [0.1, 0.15) is 25.0 Å². The fourth-order valence-electron chi connectivity index (χ4n) is 3.99. The summed E-state index contributed by atoms with van der Waals surface area (Å²) in [7, 11) is 0. The maximum Gasteiger partial charge on any atom is 0.0437 e. The van der Waals surface area contributed by atoms with Crippen molar-refractivity contribution >= 4 is 43.1 Å². The van der Waals surface area contributed by atoms with Crippen molar-refractivity contribution < 1.29 is 0 Å². The lowest BCUT2D eigenvalue weighted by atomic mass is 9.82. The molecule has 2 heteroatoms. The Balaban J connectivity index is 2.01. The summed E-state index contributed by atoms with van der Waals surface area (Å²) in [5.41, 5.74) is 5.50. The Morgan fingerprint density at radius 3 is 2.52 bits per heavy atom. The van der Waals surface area contributed by atoms with E-state index in [-0.39, 0.29) is 5.41 Å². The Kier molecular flexibility index (Phi) is 2.58. The molecular formula is C21H15ClS. The van der Waals surface area contributed by atoms with Gasteiger partial charge >= 0.3 is 0 Å². The SMILES string of the molecule is CC1(C)c2ccc(Cl)cc2-c2c1ccc1c2sc2ccccc21. The van der Waals surface area contributed by atoms with E-state index in [1.165, 1.54) is 42.4 Å². The van der Waals surface area contributed by atoms with Crippen molar-refractivity contribution in [3.05, 3.63) is 70.7 Å². The van der Waals surface area contributed by atoms with Gasteiger partial charge in [0.25, 0.3) is 0 Å². The first-order valence-corrected chi connectivity index (χ1v) is 9.02. The maximum absolute atomic E-state index is 6.32. The molecule has 5 rings (SSSR count). The molecule has 1 heterocycles. The van der Waals surface area contributed by atoms with Crippen molar-refractivity contribution in [2.75, 3.05) is 0 Å². The van der Waals surface area contributed by atoms with Crippen molar-refractivity contribution in [2.24, 2.45) is 0 Å². The van der Waals surface area contributed by atoms with Crippen molar-refractivity contribution in [2.45, 2.75) is 19.3 Å². The minimum absolute atomic E-state index is 0.0274.